The molecule has 0 aromatic heterocycles. The van der Waals surface area contributed by atoms with E-state index in [1.54, 1.807) is 0 Å². The van der Waals surface area contributed by atoms with Crippen molar-refractivity contribution in [2.24, 2.45) is 5.73 Å². The summed E-state index contributed by atoms with van der Waals surface area (Å²) in [7, 11) is 1.48. The Balaban J connectivity index is 2.70. The molecule has 94 valence electrons. The van der Waals surface area contributed by atoms with Gasteiger partial charge < -0.3 is 15.8 Å². The largest absolute Gasteiger partial charge is 0.370 e. The smallest absolute Gasteiger partial charge is 0.250 e. The third-order valence-corrected chi connectivity index (χ3v) is 2.80. The number of hydrogen-bond acceptors (Lipinski definition) is 3. The molecule has 1 unspecified atom stereocenters. The number of nitrogens with one attached hydrogen (secondary N) is 1. The van der Waals surface area contributed by atoms with Gasteiger partial charge in [0.25, 0.3) is 5.91 Å². The van der Waals surface area contributed by atoms with E-state index in [2.05, 4.69) is 5.32 Å². The van der Waals surface area contributed by atoms with Gasteiger partial charge in [-0.25, -0.2) is 0 Å². The topological polar surface area (TPSA) is 64.3 Å². The molecule has 1 aromatic rings. The average molecular weight is 236 g/mol. The second-order valence-electron chi connectivity index (χ2n) is 4.05. The van der Waals surface area contributed by atoms with Crippen molar-refractivity contribution in [2.75, 3.05) is 13.7 Å². The summed E-state index contributed by atoms with van der Waals surface area (Å²) in [6, 6.07) is 7.92. The molecule has 0 bridgehead atoms. The summed E-state index contributed by atoms with van der Waals surface area (Å²) in [5, 5.41) is 2.90. The molecule has 0 aliphatic rings. The molecule has 0 saturated heterocycles. The van der Waals surface area contributed by atoms with Gasteiger partial charge in [0.1, 0.15) is 6.10 Å². The number of rotatable bonds is 5. The molecule has 1 aromatic carbocycles. The molecular weight excluding hydrogens is 216 g/mol. The van der Waals surface area contributed by atoms with Crippen molar-refractivity contribution in [2.45, 2.75) is 26.0 Å². The minimum Gasteiger partial charge on any atom is -0.370 e. The Bertz CT molecular complexity index is 375. The summed E-state index contributed by atoms with van der Waals surface area (Å²) in [5.74, 6) is -0.175. The first kappa shape index (κ1) is 13.7. The van der Waals surface area contributed by atoms with Crippen LogP contribution < -0.4 is 11.1 Å². The fourth-order valence-corrected chi connectivity index (χ4v) is 1.77. The third kappa shape index (κ3) is 3.54. The van der Waals surface area contributed by atoms with Crippen LogP contribution in [0.25, 0.3) is 0 Å². The molecule has 3 N–H and O–H groups in total. The van der Waals surface area contributed by atoms with Gasteiger partial charge >= 0.3 is 0 Å². The first-order chi connectivity index (χ1) is 8.10. The zero-order chi connectivity index (χ0) is 12.8. The van der Waals surface area contributed by atoms with Gasteiger partial charge in [-0.2, -0.15) is 0 Å². The van der Waals surface area contributed by atoms with E-state index >= 15 is 0 Å². The lowest BCUT2D eigenvalue weighted by Gasteiger charge is -2.19. The quantitative estimate of drug-likeness (QED) is 0.806. The molecule has 0 saturated carbocycles. The lowest BCUT2D eigenvalue weighted by molar-refractivity contribution is -0.131. The Hall–Kier alpha value is -1.39. The standard InChI is InChI=1S/C13H20N2O2/c1-9-6-4-5-7-11(9)10(2)15-13(16)12(8-14)17-3/h4-7,10,12H,8,14H2,1-3H3,(H,15,16)/t10-,12?/m1/s1. The Labute approximate surface area is 102 Å². The number of carbonyl (C=O) groups excluding carboxylic acids is 1. The van der Waals surface area contributed by atoms with Crippen LogP contribution in [0.4, 0.5) is 0 Å². The van der Waals surface area contributed by atoms with Crippen LogP contribution in [0.15, 0.2) is 24.3 Å². The van der Waals surface area contributed by atoms with Crippen molar-refractivity contribution in [1.82, 2.24) is 5.32 Å². The van der Waals surface area contributed by atoms with E-state index in [0.29, 0.717) is 0 Å². The lowest BCUT2D eigenvalue weighted by Crippen LogP contribution is -2.41. The van der Waals surface area contributed by atoms with Crippen molar-refractivity contribution in [3.05, 3.63) is 35.4 Å². The summed E-state index contributed by atoms with van der Waals surface area (Å²) in [6.07, 6.45) is -0.582. The lowest BCUT2D eigenvalue weighted by atomic mass is 10.0. The summed E-state index contributed by atoms with van der Waals surface area (Å²) in [6.45, 7) is 4.15. The number of methoxy groups -OCH3 is 1. The molecule has 1 rings (SSSR count). The highest BCUT2D eigenvalue weighted by atomic mass is 16.5. The zero-order valence-electron chi connectivity index (χ0n) is 10.6. The molecule has 0 aliphatic carbocycles. The van der Waals surface area contributed by atoms with Crippen LogP contribution in [-0.2, 0) is 9.53 Å². The number of amides is 1. The molecule has 4 heteroatoms. The van der Waals surface area contributed by atoms with E-state index in [9.17, 15) is 4.79 Å². The number of carbonyl (C=O) groups is 1. The van der Waals surface area contributed by atoms with Crippen LogP contribution in [0.3, 0.4) is 0 Å². The highest BCUT2D eigenvalue weighted by molar-refractivity contribution is 5.81. The summed E-state index contributed by atoms with van der Waals surface area (Å²) in [5.41, 5.74) is 7.70. The Kier molecular flexibility index (Phi) is 5.12. The van der Waals surface area contributed by atoms with Crippen molar-refractivity contribution >= 4 is 5.91 Å². The number of benzene rings is 1. The van der Waals surface area contributed by atoms with E-state index < -0.39 is 6.10 Å². The van der Waals surface area contributed by atoms with Crippen LogP contribution >= 0.6 is 0 Å². The van der Waals surface area contributed by atoms with Gasteiger partial charge in [0.05, 0.1) is 6.04 Å². The third-order valence-electron chi connectivity index (χ3n) is 2.80. The summed E-state index contributed by atoms with van der Waals surface area (Å²) < 4.78 is 4.99. The molecule has 1 amide bonds. The van der Waals surface area contributed by atoms with Gasteiger partial charge in [-0.1, -0.05) is 24.3 Å². The van der Waals surface area contributed by atoms with E-state index in [-0.39, 0.29) is 18.5 Å². The maximum Gasteiger partial charge on any atom is 0.250 e. The van der Waals surface area contributed by atoms with Crippen LogP contribution in [0.1, 0.15) is 24.1 Å². The highest BCUT2D eigenvalue weighted by Gasteiger charge is 2.18. The number of nitrogens with two attached hydrogens (primary N) is 1. The highest BCUT2D eigenvalue weighted by Crippen LogP contribution is 2.16. The van der Waals surface area contributed by atoms with E-state index in [1.165, 1.54) is 7.11 Å². The number of ether oxygens (including phenoxy) is 1. The SMILES string of the molecule is COC(CN)C(=O)N[C@H](C)c1ccccc1C. The molecule has 0 heterocycles. The number of hydrogen-bond donors (Lipinski definition) is 2. The molecule has 17 heavy (non-hydrogen) atoms. The summed E-state index contributed by atoms with van der Waals surface area (Å²) in [4.78, 5) is 11.8. The van der Waals surface area contributed by atoms with Crippen LogP contribution in [-0.4, -0.2) is 25.7 Å². The van der Waals surface area contributed by atoms with Crippen molar-refractivity contribution in [3.63, 3.8) is 0 Å². The second-order valence-corrected chi connectivity index (χ2v) is 4.05. The zero-order valence-corrected chi connectivity index (χ0v) is 10.6. The minimum atomic E-state index is -0.582. The molecular formula is C13H20N2O2. The van der Waals surface area contributed by atoms with Gasteiger partial charge in [-0.3, -0.25) is 4.79 Å². The van der Waals surface area contributed by atoms with Crippen LogP contribution in [0, 0.1) is 6.92 Å². The Morgan fingerprint density at radius 2 is 2.12 bits per heavy atom. The van der Waals surface area contributed by atoms with Crippen LogP contribution in [0.5, 0.6) is 0 Å². The first-order valence-electron chi connectivity index (χ1n) is 5.69. The van der Waals surface area contributed by atoms with Crippen molar-refractivity contribution in [3.8, 4) is 0 Å². The average Bonchev–Trinajstić information content (AvgIpc) is 2.31. The first-order valence-corrected chi connectivity index (χ1v) is 5.69. The van der Waals surface area contributed by atoms with Gasteiger partial charge in [0.15, 0.2) is 0 Å². The summed E-state index contributed by atoms with van der Waals surface area (Å²) >= 11 is 0. The minimum absolute atomic E-state index is 0.0482. The van der Waals surface area contributed by atoms with E-state index in [0.717, 1.165) is 11.1 Å². The normalized spacial score (nSPS) is 14.1. The fourth-order valence-electron chi connectivity index (χ4n) is 1.77. The molecule has 4 nitrogen and oxygen atoms in total. The molecule has 0 radical (unpaired) electrons. The van der Waals surface area contributed by atoms with Gasteiger partial charge in [0.2, 0.25) is 0 Å². The van der Waals surface area contributed by atoms with Gasteiger partial charge in [-0.05, 0) is 25.0 Å². The second kappa shape index (κ2) is 6.37. The monoisotopic (exact) mass is 236 g/mol. The predicted molar refractivity (Wildman–Crippen MR) is 67.6 cm³/mol. The molecule has 0 fully saturated rings. The molecule has 0 aliphatic heterocycles. The van der Waals surface area contributed by atoms with Gasteiger partial charge in [-0.15, -0.1) is 0 Å². The van der Waals surface area contributed by atoms with Crippen molar-refractivity contribution in [1.29, 1.82) is 0 Å². The maximum atomic E-state index is 11.8. The van der Waals surface area contributed by atoms with E-state index in [1.807, 2.05) is 38.1 Å². The predicted octanol–water partition coefficient (Wildman–Crippen LogP) is 1.15. The molecule has 0 spiro atoms. The van der Waals surface area contributed by atoms with E-state index in [4.69, 9.17) is 10.5 Å². The van der Waals surface area contributed by atoms with Gasteiger partial charge in [0, 0.05) is 13.7 Å². The molecule has 2 atom stereocenters. The van der Waals surface area contributed by atoms with Crippen LogP contribution in [0.2, 0.25) is 0 Å². The maximum absolute atomic E-state index is 11.8. The Morgan fingerprint density at radius 3 is 2.65 bits per heavy atom. The Morgan fingerprint density at radius 1 is 1.47 bits per heavy atom. The number of aryl methyl sites for hydroxylation is 1. The van der Waals surface area contributed by atoms with Crippen molar-refractivity contribution < 1.29 is 9.53 Å². The fraction of sp³-hybridized carbons (Fsp3) is 0.462.